The zero-order valence-electron chi connectivity index (χ0n) is 11.1. The van der Waals surface area contributed by atoms with Gasteiger partial charge in [0, 0.05) is 12.3 Å². The second-order valence-electron chi connectivity index (χ2n) is 5.27. The quantitative estimate of drug-likeness (QED) is 0.768. The molecule has 0 unspecified atom stereocenters. The summed E-state index contributed by atoms with van der Waals surface area (Å²) >= 11 is 0. The van der Waals surface area contributed by atoms with E-state index in [1.807, 2.05) is 27.7 Å². The Morgan fingerprint density at radius 2 is 1.89 bits per heavy atom. The van der Waals surface area contributed by atoms with Gasteiger partial charge in [-0.15, -0.1) is 0 Å². The van der Waals surface area contributed by atoms with Crippen molar-refractivity contribution in [3.8, 4) is 5.88 Å². The Balaban J connectivity index is 2.21. The van der Waals surface area contributed by atoms with E-state index in [0.717, 1.165) is 5.46 Å². The van der Waals surface area contributed by atoms with Crippen LogP contribution in [0.1, 0.15) is 27.7 Å². The lowest BCUT2D eigenvalue weighted by Gasteiger charge is -2.32. The van der Waals surface area contributed by atoms with Gasteiger partial charge in [-0.1, -0.05) is 0 Å². The molecule has 0 aliphatic carbocycles. The van der Waals surface area contributed by atoms with Crippen molar-refractivity contribution >= 4 is 12.6 Å². The number of alkyl halides is 1. The minimum Gasteiger partial charge on any atom is -0.446 e. The molecule has 2 rings (SSSR count). The first-order valence-corrected chi connectivity index (χ1v) is 5.86. The molecule has 98 valence electrons. The molecule has 0 aromatic carbocycles. The standard InChI is InChI=1S/C12H17BFNO3/c1-11(2)12(3,4)18-13(17-11)9-5-6-15-10(7-9)16-8-14/h5-7H,8H2,1-4H3. The monoisotopic (exact) mass is 253 g/mol. The second-order valence-corrected chi connectivity index (χ2v) is 5.27. The number of nitrogens with zero attached hydrogens (tertiary/aromatic N) is 1. The van der Waals surface area contributed by atoms with Crippen LogP contribution in [0, 0.1) is 0 Å². The molecule has 18 heavy (non-hydrogen) atoms. The van der Waals surface area contributed by atoms with Crippen molar-refractivity contribution in [3.05, 3.63) is 18.3 Å². The maximum Gasteiger partial charge on any atom is 0.495 e. The van der Waals surface area contributed by atoms with E-state index < -0.39 is 25.2 Å². The first kappa shape index (κ1) is 13.3. The summed E-state index contributed by atoms with van der Waals surface area (Å²) in [4.78, 5) is 3.90. The molecule has 1 aliphatic heterocycles. The number of hydrogen-bond acceptors (Lipinski definition) is 4. The fraction of sp³-hybridized carbons (Fsp3) is 0.583. The smallest absolute Gasteiger partial charge is 0.446 e. The maximum atomic E-state index is 12.1. The largest absolute Gasteiger partial charge is 0.495 e. The van der Waals surface area contributed by atoms with E-state index in [0.29, 0.717) is 0 Å². The molecule has 6 heteroatoms. The summed E-state index contributed by atoms with van der Waals surface area (Å²) in [5, 5.41) is 0. The predicted molar refractivity (Wildman–Crippen MR) is 66.6 cm³/mol. The minimum absolute atomic E-state index is 0.227. The van der Waals surface area contributed by atoms with E-state index in [2.05, 4.69) is 4.98 Å². The second kappa shape index (κ2) is 4.51. The van der Waals surface area contributed by atoms with Crippen molar-refractivity contribution in [2.45, 2.75) is 38.9 Å². The van der Waals surface area contributed by atoms with Crippen LogP contribution in [-0.4, -0.2) is 30.2 Å². The summed E-state index contributed by atoms with van der Waals surface area (Å²) in [6.07, 6.45) is 1.55. The Hall–Kier alpha value is -1.14. The van der Waals surface area contributed by atoms with Crippen molar-refractivity contribution in [1.29, 1.82) is 0 Å². The van der Waals surface area contributed by atoms with Gasteiger partial charge in [0.2, 0.25) is 12.7 Å². The third-order valence-corrected chi connectivity index (χ3v) is 3.49. The Bertz CT molecular complexity index is 423. The van der Waals surface area contributed by atoms with Crippen LogP contribution in [0.5, 0.6) is 5.88 Å². The zero-order valence-corrected chi connectivity index (χ0v) is 11.1. The number of aromatic nitrogens is 1. The molecule has 1 saturated heterocycles. The Morgan fingerprint density at radius 1 is 1.28 bits per heavy atom. The average molecular weight is 253 g/mol. The molecular formula is C12H17BFNO3. The SMILES string of the molecule is CC1(C)OB(c2ccnc(OCF)c2)OC1(C)C. The normalized spacial score (nSPS) is 21.1. The van der Waals surface area contributed by atoms with Gasteiger partial charge in [0.1, 0.15) is 0 Å². The molecule has 0 spiro atoms. The van der Waals surface area contributed by atoms with Crippen LogP contribution in [0.3, 0.4) is 0 Å². The topological polar surface area (TPSA) is 40.6 Å². The molecule has 0 amide bonds. The van der Waals surface area contributed by atoms with Gasteiger partial charge >= 0.3 is 7.12 Å². The van der Waals surface area contributed by atoms with E-state index in [1.165, 1.54) is 0 Å². The third-order valence-electron chi connectivity index (χ3n) is 3.49. The van der Waals surface area contributed by atoms with Gasteiger partial charge in [0.05, 0.1) is 11.2 Å². The predicted octanol–water partition coefficient (Wildman–Crippen LogP) is 1.69. The summed E-state index contributed by atoms with van der Waals surface area (Å²) in [6, 6.07) is 3.40. The molecule has 1 aromatic heterocycles. The van der Waals surface area contributed by atoms with Crippen LogP contribution in [0.15, 0.2) is 18.3 Å². The highest BCUT2D eigenvalue weighted by Gasteiger charge is 2.51. The van der Waals surface area contributed by atoms with E-state index in [1.54, 1.807) is 18.3 Å². The van der Waals surface area contributed by atoms with Crippen molar-refractivity contribution in [1.82, 2.24) is 4.98 Å². The van der Waals surface area contributed by atoms with Crippen molar-refractivity contribution < 1.29 is 18.4 Å². The summed E-state index contributed by atoms with van der Waals surface area (Å²) < 4.78 is 28.6. The third kappa shape index (κ3) is 2.35. The minimum atomic E-state index is -0.903. The van der Waals surface area contributed by atoms with E-state index in [4.69, 9.17) is 14.0 Å². The molecule has 2 heterocycles. The lowest BCUT2D eigenvalue weighted by atomic mass is 9.80. The summed E-state index contributed by atoms with van der Waals surface area (Å²) in [6.45, 7) is 7.01. The summed E-state index contributed by atoms with van der Waals surface area (Å²) in [7, 11) is -0.486. The highest BCUT2D eigenvalue weighted by atomic mass is 19.1. The molecule has 4 nitrogen and oxygen atoms in total. The lowest BCUT2D eigenvalue weighted by Crippen LogP contribution is -2.41. The highest BCUT2D eigenvalue weighted by molar-refractivity contribution is 6.62. The molecule has 0 saturated carbocycles. The zero-order chi connectivity index (χ0) is 13.4. The maximum absolute atomic E-state index is 12.1. The number of rotatable bonds is 3. The van der Waals surface area contributed by atoms with E-state index >= 15 is 0 Å². The van der Waals surface area contributed by atoms with Crippen LogP contribution in [0.25, 0.3) is 0 Å². The summed E-state index contributed by atoms with van der Waals surface area (Å²) in [5.41, 5.74) is -0.0310. The number of pyridine rings is 1. The van der Waals surface area contributed by atoms with Crippen LogP contribution in [0.4, 0.5) is 4.39 Å². The number of halogens is 1. The fourth-order valence-electron chi connectivity index (χ4n) is 1.69. The molecular weight excluding hydrogens is 236 g/mol. The molecule has 1 aliphatic rings. The van der Waals surface area contributed by atoms with Gasteiger partial charge in [0.15, 0.2) is 0 Å². The lowest BCUT2D eigenvalue weighted by molar-refractivity contribution is 0.00578. The van der Waals surface area contributed by atoms with Crippen molar-refractivity contribution in [2.24, 2.45) is 0 Å². The molecule has 0 radical (unpaired) electrons. The molecule has 0 bridgehead atoms. The number of ether oxygens (including phenoxy) is 1. The highest BCUT2D eigenvalue weighted by Crippen LogP contribution is 2.36. The van der Waals surface area contributed by atoms with Crippen LogP contribution < -0.4 is 10.2 Å². The molecule has 0 atom stereocenters. The number of hydrogen-bond donors (Lipinski definition) is 0. The van der Waals surface area contributed by atoms with Gasteiger partial charge in [-0.25, -0.2) is 9.37 Å². The van der Waals surface area contributed by atoms with Crippen LogP contribution >= 0.6 is 0 Å². The first-order chi connectivity index (χ1) is 8.36. The molecule has 0 N–H and O–H groups in total. The molecule has 1 fully saturated rings. The fourth-order valence-corrected chi connectivity index (χ4v) is 1.69. The van der Waals surface area contributed by atoms with Crippen molar-refractivity contribution in [3.63, 3.8) is 0 Å². The van der Waals surface area contributed by atoms with E-state index in [-0.39, 0.29) is 5.88 Å². The Morgan fingerprint density at radius 3 is 2.44 bits per heavy atom. The van der Waals surface area contributed by atoms with Gasteiger partial charge in [0.25, 0.3) is 0 Å². The van der Waals surface area contributed by atoms with E-state index in [9.17, 15) is 4.39 Å². The van der Waals surface area contributed by atoms with Crippen molar-refractivity contribution in [2.75, 3.05) is 6.86 Å². The van der Waals surface area contributed by atoms with Gasteiger partial charge in [-0.05, 0) is 39.2 Å². The Kier molecular flexibility index (Phi) is 3.34. The van der Waals surface area contributed by atoms with Crippen LogP contribution in [0.2, 0.25) is 0 Å². The van der Waals surface area contributed by atoms with Gasteiger partial charge < -0.3 is 14.0 Å². The summed E-state index contributed by atoms with van der Waals surface area (Å²) in [5.74, 6) is 0.227. The van der Waals surface area contributed by atoms with Gasteiger partial charge in [-0.2, -0.15) is 0 Å². The molecule has 1 aromatic rings. The first-order valence-electron chi connectivity index (χ1n) is 5.86. The average Bonchev–Trinajstić information content (AvgIpc) is 2.49. The Labute approximate surface area is 107 Å². The van der Waals surface area contributed by atoms with Gasteiger partial charge in [-0.3, -0.25) is 0 Å². The van der Waals surface area contributed by atoms with Crippen LogP contribution in [-0.2, 0) is 9.31 Å².